The standard InChI is InChI=1S/C12H17ClN2/c13-10-6-5-7-11(12(10)14)15-8-3-1-2-4-9-15/h5-7H,1-4,8-9,14H2. The molecule has 0 aromatic heterocycles. The first-order chi connectivity index (χ1) is 7.29. The number of rotatable bonds is 1. The van der Waals surface area contributed by atoms with Crippen LogP contribution in [0.5, 0.6) is 0 Å². The topological polar surface area (TPSA) is 29.3 Å². The normalized spacial score (nSPS) is 17.5. The second-order valence-corrected chi connectivity index (χ2v) is 4.48. The van der Waals surface area contributed by atoms with E-state index in [1.807, 2.05) is 12.1 Å². The minimum absolute atomic E-state index is 0.664. The second-order valence-electron chi connectivity index (χ2n) is 4.07. The van der Waals surface area contributed by atoms with Crippen LogP contribution in [0.2, 0.25) is 5.02 Å². The number of para-hydroxylation sites is 1. The number of nitrogens with two attached hydrogens (primary N) is 1. The Morgan fingerprint density at radius 1 is 1.07 bits per heavy atom. The SMILES string of the molecule is Nc1c(Cl)cccc1N1CCCCCC1. The van der Waals surface area contributed by atoms with Gasteiger partial charge in [0.2, 0.25) is 0 Å². The van der Waals surface area contributed by atoms with Crippen molar-refractivity contribution >= 4 is 23.0 Å². The van der Waals surface area contributed by atoms with Crippen LogP contribution >= 0.6 is 11.6 Å². The molecule has 0 radical (unpaired) electrons. The molecule has 3 heteroatoms. The zero-order chi connectivity index (χ0) is 10.7. The summed E-state index contributed by atoms with van der Waals surface area (Å²) >= 11 is 6.02. The van der Waals surface area contributed by atoms with Gasteiger partial charge in [0.15, 0.2) is 0 Å². The van der Waals surface area contributed by atoms with Crippen molar-refractivity contribution in [2.24, 2.45) is 0 Å². The van der Waals surface area contributed by atoms with Crippen LogP contribution in [0.1, 0.15) is 25.7 Å². The van der Waals surface area contributed by atoms with E-state index >= 15 is 0 Å². The Labute approximate surface area is 96.0 Å². The monoisotopic (exact) mass is 224 g/mol. The smallest absolute Gasteiger partial charge is 0.0741 e. The zero-order valence-corrected chi connectivity index (χ0v) is 9.63. The third-order valence-corrected chi connectivity index (χ3v) is 3.31. The van der Waals surface area contributed by atoms with Crippen LogP contribution in [0.4, 0.5) is 11.4 Å². The molecule has 1 aromatic carbocycles. The number of halogens is 1. The van der Waals surface area contributed by atoms with Gasteiger partial charge in [0, 0.05) is 13.1 Å². The van der Waals surface area contributed by atoms with Crippen LogP contribution in [0.25, 0.3) is 0 Å². The maximum absolute atomic E-state index is 6.02. The molecule has 2 nitrogen and oxygen atoms in total. The van der Waals surface area contributed by atoms with Crippen molar-refractivity contribution in [3.05, 3.63) is 23.2 Å². The molecular weight excluding hydrogens is 208 g/mol. The molecule has 1 saturated heterocycles. The molecule has 2 N–H and O–H groups in total. The highest BCUT2D eigenvalue weighted by Gasteiger charge is 2.13. The number of nitrogens with zero attached hydrogens (tertiary/aromatic N) is 1. The highest BCUT2D eigenvalue weighted by Crippen LogP contribution is 2.31. The van der Waals surface area contributed by atoms with Crippen LogP contribution in [0.15, 0.2) is 18.2 Å². The van der Waals surface area contributed by atoms with Crippen molar-refractivity contribution < 1.29 is 0 Å². The summed E-state index contributed by atoms with van der Waals surface area (Å²) in [4.78, 5) is 2.36. The number of nitrogen functional groups attached to an aromatic ring is 1. The Bertz CT molecular complexity index is 330. The highest BCUT2D eigenvalue weighted by atomic mass is 35.5. The summed E-state index contributed by atoms with van der Waals surface area (Å²) in [6.45, 7) is 2.20. The summed E-state index contributed by atoms with van der Waals surface area (Å²) in [5.74, 6) is 0. The number of benzene rings is 1. The number of hydrogen-bond donors (Lipinski definition) is 1. The fourth-order valence-corrected chi connectivity index (χ4v) is 2.28. The van der Waals surface area contributed by atoms with E-state index in [1.165, 1.54) is 25.7 Å². The Hall–Kier alpha value is -0.890. The van der Waals surface area contributed by atoms with Gasteiger partial charge in [0.05, 0.1) is 16.4 Å². The summed E-state index contributed by atoms with van der Waals surface area (Å²) in [6, 6.07) is 5.88. The fourth-order valence-electron chi connectivity index (χ4n) is 2.11. The number of hydrogen-bond acceptors (Lipinski definition) is 2. The predicted molar refractivity (Wildman–Crippen MR) is 66.5 cm³/mol. The highest BCUT2D eigenvalue weighted by molar-refractivity contribution is 6.33. The fraction of sp³-hybridized carbons (Fsp3) is 0.500. The molecule has 0 bridgehead atoms. The summed E-state index contributed by atoms with van der Waals surface area (Å²) in [5, 5.41) is 0.664. The quantitative estimate of drug-likeness (QED) is 0.742. The van der Waals surface area contributed by atoms with Gasteiger partial charge in [-0.2, -0.15) is 0 Å². The average molecular weight is 225 g/mol. The van der Waals surface area contributed by atoms with Gasteiger partial charge in [-0.1, -0.05) is 30.5 Å². The maximum atomic E-state index is 6.02. The van der Waals surface area contributed by atoms with Crippen molar-refractivity contribution in [1.82, 2.24) is 0 Å². The largest absolute Gasteiger partial charge is 0.396 e. The Morgan fingerprint density at radius 3 is 2.40 bits per heavy atom. The molecule has 1 aliphatic rings. The first kappa shape index (κ1) is 10.6. The van der Waals surface area contributed by atoms with Crippen LogP contribution in [-0.4, -0.2) is 13.1 Å². The summed E-state index contributed by atoms with van der Waals surface area (Å²) < 4.78 is 0. The van der Waals surface area contributed by atoms with Crippen LogP contribution in [-0.2, 0) is 0 Å². The van der Waals surface area contributed by atoms with Gasteiger partial charge in [-0.25, -0.2) is 0 Å². The molecule has 0 unspecified atom stereocenters. The molecule has 1 aliphatic heterocycles. The lowest BCUT2D eigenvalue weighted by Crippen LogP contribution is -2.24. The van der Waals surface area contributed by atoms with Gasteiger partial charge in [-0.05, 0) is 25.0 Å². The molecule has 0 aliphatic carbocycles. The van der Waals surface area contributed by atoms with Gasteiger partial charge in [0.25, 0.3) is 0 Å². The van der Waals surface area contributed by atoms with Crippen LogP contribution in [0.3, 0.4) is 0 Å². The Balaban J connectivity index is 2.23. The van der Waals surface area contributed by atoms with E-state index in [0.29, 0.717) is 5.02 Å². The molecule has 0 saturated carbocycles. The van der Waals surface area contributed by atoms with Crippen molar-refractivity contribution in [3.63, 3.8) is 0 Å². The van der Waals surface area contributed by atoms with E-state index in [2.05, 4.69) is 11.0 Å². The minimum atomic E-state index is 0.664. The summed E-state index contributed by atoms with van der Waals surface area (Å²) in [7, 11) is 0. The van der Waals surface area contributed by atoms with Gasteiger partial charge < -0.3 is 10.6 Å². The lowest BCUT2D eigenvalue weighted by atomic mass is 10.2. The van der Waals surface area contributed by atoms with E-state index in [4.69, 9.17) is 17.3 Å². The van der Waals surface area contributed by atoms with E-state index in [-0.39, 0.29) is 0 Å². The average Bonchev–Trinajstić information content (AvgIpc) is 2.50. The van der Waals surface area contributed by atoms with Gasteiger partial charge >= 0.3 is 0 Å². The Morgan fingerprint density at radius 2 is 1.73 bits per heavy atom. The van der Waals surface area contributed by atoms with Gasteiger partial charge in [-0.15, -0.1) is 0 Å². The lowest BCUT2D eigenvalue weighted by molar-refractivity contribution is 0.726. The lowest BCUT2D eigenvalue weighted by Gasteiger charge is -2.24. The van der Waals surface area contributed by atoms with Crippen molar-refractivity contribution in [3.8, 4) is 0 Å². The Kier molecular flexibility index (Phi) is 3.37. The van der Waals surface area contributed by atoms with Crippen molar-refractivity contribution in [2.45, 2.75) is 25.7 Å². The second kappa shape index (κ2) is 4.75. The van der Waals surface area contributed by atoms with E-state index in [1.54, 1.807) is 0 Å². The summed E-state index contributed by atoms with van der Waals surface area (Å²) in [5.41, 5.74) is 7.82. The molecule has 0 atom stereocenters. The van der Waals surface area contributed by atoms with Crippen molar-refractivity contribution in [2.75, 3.05) is 23.7 Å². The maximum Gasteiger partial charge on any atom is 0.0741 e. The molecule has 2 rings (SSSR count). The van der Waals surface area contributed by atoms with Crippen molar-refractivity contribution in [1.29, 1.82) is 0 Å². The minimum Gasteiger partial charge on any atom is -0.396 e. The van der Waals surface area contributed by atoms with E-state index in [0.717, 1.165) is 24.5 Å². The third kappa shape index (κ3) is 2.37. The molecule has 1 aromatic rings. The molecule has 15 heavy (non-hydrogen) atoms. The molecule has 0 amide bonds. The molecule has 82 valence electrons. The van der Waals surface area contributed by atoms with Gasteiger partial charge in [-0.3, -0.25) is 0 Å². The predicted octanol–water partition coefficient (Wildman–Crippen LogP) is 3.30. The molecule has 1 fully saturated rings. The molecule has 1 heterocycles. The van der Waals surface area contributed by atoms with Crippen LogP contribution in [0, 0.1) is 0 Å². The van der Waals surface area contributed by atoms with Crippen LogP contribution < -0.4 is 10.6 Å². The first-order valence-electron chi connectivity index (χ1n) is 5.58. The van der Waals surface area contributed by atoms with E-state index < -0.39 is 0 Å². The molecule has 0 spiro atoms. The first-order valence-corrected chi connectivity index (χ1v) is 5.96. The van der Waals surface area contributed by atoms with Gasteiger partial charge in [0.1, 0.15) is 0 Å². The number of anilines is 2. The summed E-state index contributed by atoms with van der Waals surface area (Å²) in [6.07, 6.45) is 5.17. The molecular formula is C12H17ClN2. The van der Waals surface area contributed by atoms with E-state index in [9.17, 15) is 0 Å². The zero-order valence-electron chi connectivity index (χ0n) is 8.88. The third-order valence-electron chi connectivity index (χ3n) is 2.98.